The van der Waals surface area contributed by atoms with Gasteiger partial charge in [0.05, 0.1) is 0 Å². The minimum atomic E-state index is -0.121. The maximum absolute atomic E-state index is 12.0. The smallest absolute Gasteiger partial charge is 0.268 e. The van der Waals surface area contributed by atoms with Crippen LogP contribution in [0.5, 0.6) is 0 Å². The first-order valence-corrected chi connectivity index (χ1v) is 6.97. The maximum Gasteiger partial charge on any atom is 0.268 e. The molecule has 0 spiro atoms. The minimum Gasteiger partial charge on any atom is -0.354 e. The van der Waals surface area contributed by atoms with Gasteiger partial charge < -0.3 is 10.3 Å². The number of amides is 1. The Hall–Kier alpha value is -1.58. The van der Waals surface area contributed by atoms with Gasteiger partial charge in [-0.1, -0.05) is 26.2 Å². The van der Waals surface area contributed by atoms with E-state index in [9.17, 15) is 9.59 Å². The first-order chi connectivity index (χ1) is 8.99. The Morgan fingerprint density at radius 2 is 1.84 bits per heavy atom. The fourth-order valence-corrected chi connectivity index (χ4v) is 2.35. The van der Waals surface area contributed by atoms with Crippen LogP contribution >= 0.6 is 0 Å². The van der Waals surface area contributed by atoms with E-state index in [1.807, 2.05) is 13.8 Å². The lowest BCUT2D eigenvalue weighted by Crippen LogP contribution is -2.25. The van der Waals surface area contributed by atoms with Gasteiger partial charge in [0.25, 0.3) is 5.91 Å². The van der Waals surface area contributed by atoms with Gasteiger partial charge in [0.1, 0.15) is 5.69 Å². The number of aryl methyl sites for hydroxylation is 1. The van der Waals surface area contributed by atoms with Crippen LogP contribution in [-0.2, 0) is 0 Å². The number of nitrogens with one attached hydrogen (secondary N) is 2. The van der Waals surface area contributed by atoms with E-state index in [1.54, 1.807) is 0 Å². The molecule has 1 rings (SSSR count). The number of carbonyl (C=O) groups excluding carboxylic acids is 2. The topological polar surface area (TPSA) is 62.0 Å². The van der Waals surface area contributed by atoms with Crippen molar-refractivity contribution in [2.75, 3.05) is 6.54 Å². The monoisotopic (exact) mass is 264 g/mol. The number of ketones is 1. The predicted molar refractivity (Wildman–Crippen MR) is 76.7 cm³/mol. The average Bonchev–Trinajstić information content (AvgIpc) is 2.64. The van der Waals surface area contributed by atoms with Gasteiger partial charge in [0.2, 0.25) is 0 Å². The van der Waals surface area contributed by atoms with Gasteiger partial charge in [0, 0.05) is 17.8 Å². The molecule has 0 unspecified atom stereocenters. The van der Waals surface area contributed by atoms with Crippen molar-refractivity contribution < 1.29 is 9.59 Å². The second kappa shape index (κ2) is 7.12. The molecule has 0 aliphatic carbocycles. The van der Waals surface area contributed by atoms with Crippen molar-refractivity contribution in [2.45, 2.75) is 53.4 Å². The van der Waals surface area contributed by atoms with Crippen LogP contribution in [-0.4, -0.2) is 23.2 Å². The van der Waals surface area contributed by atoms with Crippen LogP contribution in [0.2, 0.25) is 0 Å². The number of aromatic amines is 1. The lowest BCUT2D eigenvalue weighted by Gasteiger charge is -2.04. The molecule has 1 amide bonds. The number of Topliss-reactive ketones (excluding diaryl/α,β-unsaturated/α-hetero) is 1. The molecule has 0 aromatic carbocycles. The number of carbonyl (C=O) groups is 2. The largest absolute Gasteiger partial charge is 0.354 e. The summed E-state index contributed by atoms with van der Waals surface area (Å²) in [6.07, 6.45) is 4.52. The predicted octanol–water partition coefficient (Wildman–Crippen LogP) is 3.14. The molecule has 1 aromatic heterocycles. The summed E-state index contributed by atoms with van der Waals surface area (Å²) >= 11 is 0. The lowest BCUT2D eigenvalue weighted by molar-refractivity contribution is 0.0947. The van der Waals surface area contributed by atoms with Crippen molar-refractivity contribution in [3.05, 3.63) is 22.5 Å². The molecular weight excluding hydrogens is 240 g/mol. The highest BCUT2D eigenvalue weighted by molar-refractivity contribution is 6.02. The highest BCUT2D eigenvalue weighted by atomic mass is 16.2. The van der Waals surface area contributed by atoms with Crippen LogP contribution < -0.4 is 5.32 Å². The van der Waals surface area contributed by atoms with Crippen molar-refractivity contribution in [1.82, 2.24) is 10.3 Å². The van der Waals surface area contributed by atoms with Crippen molar-refractivity contribution in [3.8, 4) is 0 Å². The zero-order chi connectivity index (χ0) is 14.4. The van der Waals surface area contributed by atoms with Gasteiger partial charge in [-0.05, 0) is 32.8 Å². The van der Waals surface area contributed by atoms with Crippen LogP contribution in [0.1, 0.15) is 71.6 Å². The van der Waals surface area contributed by atoms with Gasteiger partial charge in [0.15, 0.2) is 5.78 Å². The number of rotatable bonds is 7. The molecule has 106 valence electrons. The summed E-state index contributed by atoms with van der Waals surface area (Å²) in [5.41, 5.74) is 2.66. The molecule has 0 saturated carbocycles. The Labute approximate surface area is 115 Å². The second-order valence-corrected chi connectivity index (χ2v) is 5.00. The van der Waals surface area contributed by atoms with Gasteiger partial charge in [-0.2, -0.15) is 0 Å². The Bertz CT molecular complexity index is 461. The summed E-state index contributed by atoms with van der Waals surface area (Å²) in [6.45, 7) is 8.00. The average molecular weight is 264 g/mol. The van der Waals surface area contributed by atoms with E-state index in [0.29, 0.717) is 17.8 Å². The molecule has 2 N–H and O–H groups in total. The summed E-state index contributed by atoms with van der Waals surface area (Å²) in [5, 5.41) is 2.90. The molecule has 0 fully saturated rings. The standard InChI is InChI=1S/C15H24N2O2/c1-5-6-7-8-9-16-15(19)14-10(2)13(12(4)18)11(3)17-14/h17H,5-9H2,1-4H3,(H,16,19). The SMILES string of the molecule is CCCCCCNC(=O)c1[nH]c(C)c(C(C)=O)c1C. The summed E-state index contributed by atoms with van der Waals surface area (Å²) in [5.74, 6) is -0.127. The number of H-pyrrole nitrogens is 1. The second-order valence-electron chi connectivity index (χ2n) is 5.00. The summed E-state index contributed by atoms with van der Waals surface area (Å²) in [6, 6.07) is 0. The summed E-state index contributed by atoms with van der Waals surface area (Å²) in [7, 11) is 0. The number of hydrogen-bond donors (Lipinski definition) is 2. The molecule has 0 radical (unpaired) electrons. The van der Waals surface area contributed by atoms with Gasteiger partial charge >= 0.3 is 0 Å². The number of hydrogen-bond acceptors (Lipinski definition) is 2. The van der Waals surface area contributed by atoms with E-state index in [-0.39, 0.29) is 11.7 Å². The van der Waals surface area contributed by atoms with Crippen LogP contribution in [0.4, 0.5) is 0 Å². The molecular formula is C15H24N2O2. The minimum absolute atomic E-state index is 0.00625. The van der Waals surface area contributed by atoms with E-state index in [0.717, 1.165) is 24.1 Å². The first kappa shape index (κ1) is 15.5. The third kappa shape index (κ3) is 3.94. The van der Waals surface area contributed by atoms with Crippen LogP contribution in [0, 0.1) is 13.8 Å². The molecule has 0 aliphatic heterocycles. The van der Waals surface area contributed by atoms with Crippen LogP contribution in [0.3, 0.4) is 0 Å². The third-order valence-electron chi connectivity index (χ3n) is 3.33. The van der Waals surface area contributed by atoms with E-state index < -0.39 is 0 Å². The van der Waals surface area contributed by atoms with E-state index in [2.05, 4.69) is 17.2 Å². The molecule has 0 aliphatic rings. The first-order valence-electron chi connectivity index (χ1n) is 6.97. The van der Waals surface area contributed by atoms with Crippen LogP contribution in [0.15, 0.2) is 0 Å². The Morgan fingerprint density at radius 3 is 2.37 bits per heavy atom. The fraction of sp³-hybridized carbons (Fsp3) is 0.600. The zero-order valence-corrected chi connectivity index (χ0v) is 12.4. The van der Waals surface area contributed by atoms with E-state index in [4.69, 9.17) is 0 Å². The third-order valence-corrected chi connectivity index (χ3v) is 3.33. The zero-order valence-electron chi connectivity index (χ0n) is 12.4. The van der Waals surface area contributed by atoms with Crippen molar-refractivity contribution >= 4 is 11.7 Å². The van der Waals surface area contributed by atoms with Gasteiger partial charge in [-0.25, -0.2) is 0 Å². The van der Waals surface area contributed by atoms with Crippen molar-refractivity contribution in [1.29, 1.82) is 0 Å². The van der Waals surface area contributed by atoms with Crippen molar-refractivity contribution in [3.63, 3.8) is 0 Å². The molecule has 0 atom stereocenters. The summed E-state index contributed by atoms with van der Waals surface area (Å²) in [4.78, 5) is 26.5. The Balaban J connectivity index is 2.63. The molecule has 19 heavy (non-hydrogen) atoms. The Kier molecular flexibility index (Phi) is 5.80. The molecule has 1 aromatic rings. The van der Waals surface area contributed by atoms with Gasteiger partial charge in [-0.15, -0.1) is 0 Å². The normalized spacial score (nSPS) is 10.5. The lowest BCUT2D eigenvalue weighted by atomic mass is 10.1. The fourth-order valence-electron chi connectivity index (χ4n) is 2.35. The number of unbranched alkanes of at least 4 members (excludes halogenated alkanes) is 3. The summed E-state index contributed by atoms with van der Waals surface area (Å²) < 4.78 is 0. The highest BCUT2D eigenvalue weighted by Gasteiger charge is 2.19. The molecule has 4 heteroatoms. The van der Waals surface area contributed by atoms with Crippen molar-refractivity contribution in [2.24, 2.45) is 0 Å². The number of aromatic nitrogens is 1. The van der Waals surface area contributed by atoms with E-state index >= 15 is 0 Å². The molecule has 1 heterocycles. The van der Waals surface area contributed by atoms with Crippen LogP contribution in [0.25, 0.3) is 0 Å². The molecule has 0 bridgehead atoms. The maximum atomic E-state index is 12.0. The Morgan fingerprint density at radius 1 is 1.16 bits per heavy atom. The quantitative estimate of drug-likeness (QED) is 0.587. The molecule has 4 nitrogen and oxygen atoms in total. The van der Waals surface area contributed by atoms with Gasteiger partial charge in [-0.3, -0.25) is 9.59 Å². The highest BCUT2D eigenvalue weighted by Crippen LogP contribution is 2.18. The van der Waals surface area contributed by atoms with E-state index in [1.165, 1.54) is 19.8 Å². The molecule has 0 saturated heterocycles.